The maximum Gasteiger partial charge on any atom is 0.0830 e. The minimum absolute atomic E-state index is 0.154. The molecule has 3 heteroatoms. The van der Waals surface area contributed by atoms with Crippen molar-refractivity contribution in [3.63, 3.8) is 0 Å². The Bertz CT molecular complexity index is 752. The number of allylic oxidation sites excluding steroid dienone is 3. The standard InChI is InChI=1S/C26H36N2O/c1-2-6-22-19-27(13-10-21(22)5-1)18-20-8-9-25-23(15-20)16-26(29-25)11-14-28-12-4-3-7-24(28)17-26/h1-2,5-6,8-9,15,21-25H,3-4,7,10-14,16-19H2/t21?,22?,23?,24?,25?,26-/m1/s1. The molecule has 29 heavy (non-hydrogen) atoms. The van der Waals surface area contributed by atoms with Gasteiger partial charge in [0.25, 0.3) is 0 Å². The monoisotopic (exact) mass is 392 g/mol. The lowest BCUT2D eigenvalue weighted by Crippen LogP contribution is -2.52. The van der Waals surface area contributed by atoms with Gasteiger partial charge in [0.05, 0.1) is 11.7 Å². The van der Waals surface area contributed by atoms with E-state index >= 15 is 0 Å². The lowest BCUT2D eigenvalue weighted by molar-refractivity contribution is -0.0885. The third-order valence-corrected chi connectivity index (χ3v) is 8.59. The van der Waals surface area contributed by atoms with Gasteiger partial charge < -0.3 is 9.64 Å². The topological polar surface area (TPSA) is 15.7 Å². The van der Waals surface area contributed by atoms with Gasteiger partial charge in [-0.1, -0.05) is 49.0 Å². The van der Waals surface area contributed by atoms with Gasteiger partial charge in [-0.2, -0.15) is 0 Å². The Morgan fingerprint density at radius 1 is 0.931 bits per heavy atom. The molecule has 5 unspecified atom stereocenters. The van der Waals surface area contributed by atoms with E-state index in [0.29, 0.717) is 17.9 Å². The van der Waals surface area contributed by atoms with Gasteiger partial charge >= 0.3 is 0 Å². The van der Waals surface area contributed by atoms with Crippen molar-refractivity contribution < 1.29 is 4.74 Å². The summed E-state index contributed by atoms with van der Waals surface area (Å²) in [4.78, 5) is 5.42. The average Bonchev–Trinajstić information content (AvgIpc) is 3.10. The molecule has 0 aromatic carbocycles. The van der Waals surface area contributed by atoms with Crippen molar-refractivity contribution in [3.8, 4) is 0 Å². The number of ether oxygens (including phenoxy) is 1. The van der Waals surface area contributed by atoms with Crippen LogP contribution in [0.1, 0.15) is 44.9 Å². The van der Waals surface area contributed by atoms with E-state index in [2.05, 4.69) is 52.3 Å². The molecule has 3 nitrogen and oxygen atoms in total. The summed E-state index contributed by atoms with van der Waals surface area (Å²) < 4.78 is 6.76. The van der Waals surface area contributed by atoms with Gasteiger partial charge in [0.2, 0.25) is 0 Å². The van der Waals surface area contributed by atoms with Crippen molar-refractivity contribution in [2.45, 2.75) is 62.7 Å². The molecule has 2 aliphatic carbocycles. The highest BCUT2D eigenvalue weighted by Crippen LogP contribution is 2.47. The molecule has 0 amide bonds. The van der Waals surface area contributed by atoms with Gasteiger partial charge in [-0.25, -0.2) is 0 Å². The molecule has 156 valence electrons. The first-order valence-electron chi connectivity index (χ1n) is 12.1. The summed E-state index contributed by atoms with van der Waals surface area (Å²) in [5, 5.41) is 0. The summed E-state index contributed by atoms with van der Waals surface area (Å²) in [6, 6.07) is 0.781. The fourth-order valence-corrected chi connectivity index (χ4v) is 7.05. The van der Waals surface area contributed by atoms with E-state index < -0.39 is 0 Å². The summed E-state index contributed by atoms with van der Waals surface area (Å²) in [7, 11) is 0. The van der Waals surface area contributed by atoms with Crippen molar-refractivity contribution in [1.82, 2.24) is 9.80 Å². The van der Waals surface area contributed by atoms with E-state index in [-0.39, 0.29) is 5.60 Å². The van der Waals surface area contributed by atoms with Crippen LogP contribution >= 0.6 is 0 Å². The normalized spacial score (nSPS) is 44.4. The van der Waals surface area contributed by atoms with Crippen LogP contribution in [-0.4, -0.2) is 60.3 Å². The molecule has 4 fully saturated rings. The Balaban J connectivity index is 1.10. The zero-order valence-electron chi connectivity index (χ0n) is 17.7. The number of fused-ring (bicyclic) bond motifs is 3. The number of piperidine rings is 3. The van der Waals surface area contributed by atoms with Gasteiger partial charge in [-0.3, -0.25) is 4.90 Å². The van der Waals surface area contributed by atoms with Crippen LogP contribution in [-0.2, 0) is 4.74 Å². The van der Waals surface area contributed by atoms with E-state index in [1.807, 2.05) is 0 Å². The average molecular weight is 393 g/mol. The molecular formula is C26H36N2O. The highest BCUT2D eigenvalue weighted by molar-refractivity contribution is 5.30. The van der Waals surface area contributed by atoms with Crippen LogP contribution in [0.5, 0.6) is 0 Å². The number of hydrogen-bond acceptors (Lipinski definition) is 3. The number of nitrogens with zero attached hydrogens (tertiary/aromatic N) is 2. The van der Waals surface area contributed by atoms with Crippen molar-refractivity contribution >= 4 is 0 Å². The molecule has 4 saturated heterocycles. The van der Waals surface area contributed by atoms with E-state index in [9.17, 15) is 0 Å². The summed E-state index contributed by atoms with van der Waals surface area (Å²) >= 11 is 0. The minimum atomic E-state index is 0.154. The van der Waals surface area contributed by atoms with E-state index in [0.717, 1.165) is 18.5 Å². The Labute approximate surface area is 176 Å². The Morgan fingerprint density at radius 3 is 2.83 bits per heavy atom. The maximum absolute atomic E-state index is 6.76. The highest BCUT2D eigenvalue weighted by atomic mass is 16.5. The molecule has 0 aromatic rings. The second kappa shape index (κ2) is 7.51. The summed E-state index contributed by atoms with van der Waals surface area (Å²) in [5.74, 6) is 2.08. The lowest BCUT2D eigenvalue weighted by atomic mass is 9.78. The van der Waals surface area contributed by atoms with E-state index in [1.54, 1.807) is 0 Å². The molecule has 4 aliphatic heterocycles. The van der Waals surface area contributed by atoms with Crippen LogP contribution in [0, 0.1) is 17.8 Å². The molecule has 0 radical (unpaired) electrons. The molecule has 0 bridgehead atoms. The zero-order chi connectivity index (χ0) is 19.3. The molecular weight excluding hydrogens is 356 g/mol. The second-order valence-corrected chi connectivity index (χ2v) is 10.5. The first-order valence-corrected chi connectivity index (χ1v) is 12.1. The summed E-state index contributed by atoms with van der Waals surface area (Å²) in [6.07, 6.45) is 26.2. The van der Waals surface area contributed by atoms with Crippen molar-refractivity contribution in [1.29, 1.82) is 0 Å². The quantitative estimate of drug-likeness (QED) is 0.695. The van der Waals surface area contributed by atoms with Crippen LogP contribution in [0.15, 0.2) is 48.1 Å². The maximum atomic E-state index is 6.76. The third-order valence-electron chi connectivity index (χ3n) is 8.59. The summed E-state index contributed by atoms with van der Waals surface area (Å²) in [6.45, 7) is 6.13. The van der Waals surface area contributed by atoms with Crippen molar-refractivity contribution in [3.05, 3.63) is 48.1 Å². The van der Waals surface area contributed by atoms with Gasteiger partial charge in [0, 0.05) is 31.6 Å². The fourth-order valence-electron chi connectivity index (χ4n) is 7.05. The molecule has 6 atom stereocenters. The van der Waals surface area contributed by atoms with Gasteiger partial charge in [0.15, 0.2) is 0 Å². The summed E-state index contributed by atoms with van der Waals surface area (Å²) in [5.41, 5.74) is 1.68. The van der Waals surface area contributed by atoms with Crippen LogP contribution < -0.4 is 0 Å². The molecule has 0 saturated carbocycles. The number of likely N-dealkylation sites (tertiary alicyclic amines) is 1. The molecule has 6 aliphatic rings. The van der Waals surface area contributed by atoms with E-state index in [1.165, 1.54) is 76.7 Å². The third kappa shape index (κ3) is 3.60. The number of rotatable bonds is 2. The fraction of sp³-hybridized carbons (Fsp3) is 0.692. The largest absolute Gasteiger partial charge is 0.367 e. The SMILES string of the molecule is C1=CC2CCN(CC3=CC4C[C@@]5(CCN6CCCCC6C5)OC4C=C3)CC2C=C1. The van der Waals surface area contributed by atoms with Crippen LogP contribution in [0.3, 0.4) is 0 Å². The van der Waals surface area contributed by atoms with Gasteiger partial charge in [-0.15, -0.1) is 0 Å². The smallest absolute Gasteiger partial charge is 0.0830 e. The van der Waals surface area contributed by atoms with Crippen molar-refractivity contribution in [2.24, 2.45) is 17.8 Å². The van der Waals surface area contributed by atoms with Crippen LogP contribution in [0.2, 0.25) is 0 Å². The van der Waals surface area contributed by atoms with Crippen LogP contribution in [0.4, 0.5) is 0 Å². The predicted molar refractivity (Wildman–Crippen MR) is 118 cm³/mol. The van der Waals surface area contributed by atoms with Gasteiger partial charge in [0.1, 0.15) is 0 Å². The molecule has 6 rings (SSSR count). The first kappa shape index (κ1) is 18.6. The minimum Gasteiger partial charge on any atom is -0.367 e. The van der Waals surface area contributed by atoms with Crippen LogP contribution in [0.25, 0.3) is 0 Å². The highest BCUT2D eigenvalue weighted by Gasteiger charge is 2.49. The first-order chi connectivity index (χ1) is 14.3. The Morgan fingerprint density at radius 2 is 1.86 bits per heavy atom. The zero-order valence-corrected chi connectivity index (χ0v) is 17.7. The van der Waals surface area contributed by atoms with Gasteiger partial charge in [-0.05, 0) is 69.0 Å². The Hall–Kier alpha value is -1.16. The second-order valence-electron chi connectivity index (χ2n) is 10.5. The molecule has 1 spiro atoms. The number of hydrogen-bond donors (Lipinski definition) is 0. The van der Waals surface area contributed by atoms with Crippen molar-refractivity contribution in [2.75, 3.05) is 32.7 Å². The van der Waals surface area contributed by atoms with E-state index in [4.69, 9.17) is 4.74 Å². The Kier molecular flexibility index (Phi) is 4.82. The molecule has 4 heterocycles. The molecule has 0 N–H and O–H groups in total. The lowest BCUT2D eigenvalue weighted by Gasteiger charge is -2.47. The molecule has 0 aromatic heterocycles. The predicted octanol–water partition coefficient (Wildman–Crippen LogP) is 4.34.